The molecule has 1 aliphatic heterocycles. The van der Waals surface area contributed by atoms with Gasteiger partial charge in [-0.05, 0) is 57.1 Å². The van der Waals surface area contributed by atoms with Gasteiger partial charge in [0.25, 0.3) is 0 Å². The summed E-state index contributed by atoms with van der Waals surface area (Å²) >= 11 is 0. The summed E-state index contributed by atoms with van der Waals surface area (Å²) in [7, 11) is 1.40. The summed E-state index contributed by atoms with van der Waals surface area (Å²) in [5, 5.41) is 7.34. The van der Waals surface area contributed by atoms with Gasteiger partial charge in [0, 0.05) is 18.2 Å². The quantitative estimate of drug-likeness (QED) is 0.817. The molecule has 0 aromatic carbocycles. The Morgan fingerprint density at radius 1 is 1.48 bits per heavy atom. The van der Waals surface area contributed by atoms with Gasteiger partial charge < -0.3 is 9.15 Å². The lowest BCUT2D eigenvalue weighted by Crippen LogP contribution is -2.34. The van der Waals surface area contributed by atoms with Crippen LogP contribution in [0, 0.1) is 0 Å². The smallest absolute Gasteiger partial charge is 0.311 e. The molecule has 0 saturated carbocycles. The SMILES string of the molecule is COC(=O)Cc1cc(C2CCN(CC(C)=Cc3ccco3)CC2)n[nH]1. The molecule has 1 aliphatic rings. The number of esters is 1. The number of carbonyl (C=O) groups excluding carboxylic acids is 1. The molecule has 0 amide bonds. The van der Waals surface area contributed by atoms with E-state index in [2.05, 4.69) is 28.1 Å². The van der Waals surface area contributed by atoms with Crippen LogP contribution in [0.25, 0.3) is 6.08 Å². The van der Waals surface area contributed by atoms with Crippen LogP contribution in [0.2, 0.25) is 0 Å². The molecule has 0 atom stereocenters. The van der Waals surface area contributed by atoms with E-state index in [0.29, 0.717) is 5.92 Å². The summed E-state index contributed by atoms with van der Waals surface area (Å²) in [4.78, 5) is 13.8. The van der Waals surface area contributed by atoms with Gasteiger partial charge in [-0.15, -0.1) is 0 Å². The fourth-order valence-electron chi connectivity index (χ4n) is 3.31. The molecule has 0 aliphatic carbocycles. The molecule has 1 fully saturated rings. The van der Waals surface area contributed by atoms with Gasteiger partial charge in [0.15, 0.2) is 0 Å². The average Bonchev–Trinajstić information content (AvgIpc) is 3.27. The van der Waals surface area contributed by atoms with Gasteiger partial charge in [0.05, 0.1) is 25.5 Å². The van der Waals surface area contributed by atoms with Gasteiger partial charge in [0.1, 0.15) is 5.76 Å². The zero-order valence-electron chi connectivity index (χ0n) is 14.8. The number of nitrogens with zero attached hydrogens (tertiary/aromatic N) is 2. The van der Waals surface area contributed by atoms with Gasteiger partial charge in [-0.25, -0.2) is 0 Å². The number of ether oxygens (including phenoxy) is 1. The maximum Gasteiger partial charge on any atom is 0.311 e. The normalized spacial score (nSPS) is 17.0. The van der Waals surface area contributed by atoms with Crippen LogP contribution in [0.5, 0.6) is 0 Å². The number of methoxy groups -OCH3 is 1. The van der Waals surface area contributed by atoms with Gasteiger partial charge >= 0.3 is 5.97 Å². The first-order valence-corrected chi connectivity index (χ1v) is 8.68. The average molecular weight is 343 g/mol. The third-order valence-corrected chi connectivity index (χ3v) is 4.62. The van der Waals surface area contributed by atoms with Gasteiger partial charge in [-0.3, -0.25) is 14.8 Å². The molecule has 1 saturated heterocycles. The van der Waals surface area contributed by atoms with E-state index in [4.69, 9.17) is 9.15 Å². The molecule has 6 nitrogen and oxygen atoms in total. The Hall–Kier alpha value is -2.34. The summed E-state index contributed by atoms with van der Waals surface area (Å²) in [5.74, 6) is 1.11. The van der Waals surface area contributed by atoms with Crippen molar-refractivity contribution in [2.24, 2.45) is 0 Å². The molecule has 1 N–H and O–H groups in total. The van der Waals surface area contributed by atoms with Crippen molar-refractivity contribution >= 4 is 12.0 Å². The second kappa shape index (κ2) is 8.16. The van der Waals surface area contributed by atoms with Crippen molar-refractivity contribution in [1.82, 2.24) is 15.1 Å². The van der Waals surface area contributed by atoms with E-state index in [-0.39, 0.29) is 12.4 Å². The predicted molar refractivity (Wildman–Crippen MR) is 95.1 cm³/mol. The molecule has 0 unspecified atom stereocenters. The first kappa shape index (κ1) is 17.5. The largest absolute Gasteiger partial charge is 0.469 e. The molecule has 6 heteroatoms. The van der Waals surface area contributed by atoms with Crippen LogP contribution < -0.4 is 0 Å². The highest BCUT2D eigenvalue weighted by Crippen LogP contribution is 2.27. The Labute approximate surface area is 147 Å². The lowest BCUT2D eigenvalue weighted by atomic mass is 9.93. The van der Waals surface area contributed by atoms with E-state index >= 15 is 0 Å². The standard InChI is InChI=1S/C19H25N3O3/c1-14(10-17-4-3-9-25-17)13-22-7-5-15(6-8-22)18-11-16(20-21-18)12-19(23)24-2/h3-4,9-11,15H,5-8,12-13H2,1-2H3,(H,20,21). The fourth-order valence-corrected chi connectivity index (χ4v) is 3.31. The third-order valence-electron chi connectivity index (χ3n) is 4.62. The molecule has 3 rings (SSSR count). The first-order valence-electron chi connectivity index (χ1n) is 8.68. The summed E-state index contributed by atoms with van der Waals surface area (Å²) in [6, 6.07) is 5.88. The predicted octanol–water partition coefficient (Wildman–Crippen LogP) is 3.00. The minimum atomic E-state index is -0.246. The molecular formula is C19H25N3O3. The summed E-state index contributed by atoms with van der Waals surface area (Å²) in [6.45, 7) is 5.20. The van der Waals surface area contributed by atoms with Crippen molar-refractivity contribution < 1.29 is 13.9 Å². The second-order valence-electron chi connectivity index (χ2n) is 6.63. The number of likely N-dealkylation sites (tertiary alicyclic amines) is 1. The van der Waals surface area contributed by atoms with Crippen molar-refractivity contribution in [1.29, 1.82) is 0 Å². The summed E-state index contributed by atoms with van der Waals surface area (Å²) in [6.07, 6.45) is 6.20. The van der Waals surface area contributed by atoms with Crippen LogP contribution in [0.15, 0.2) is 34.5 Å². The lowest BCUT2D eigenvalue weighted by molar-refractivity contribution is -0.139. The zero-order valence-corrected chi connectivity index (χ0v) is 14.8. The van der Waals surface area contributed by atoms with Gasteiger partial charge in [0.2, 0.25) is 0 Å². The Morgan fingerprint density at radius 3 is 2.96 bits per heavy atom. The van der Waals surface area contributed by atoms with Crippen molar-refractivity contribution in [3.8, 4) is 0 Å². The molecule has 0 radical (unpaired) electrons. The summed E-state index contributed by atoms with van der Waals surface area (Å²) in [5.41, 5.74) is 3.18. The number of furan rings is 1. The number of piperidine rings is 1. The van der Waals surface area contributed by atoms with E-state index < -0.39 is 0 Å². The number of aromatic nitrogens is 2. The number of nitrogens with one attached hydrogen (secondary N) is 1. The number of hydrogen-bond acceptors (Lipinski definition) is 5. The maximum absolute atomic E-state index is 11.3. The highest BCUT2D eigenvalue weighted by Gasteiger charge is 2.23. The van der Waals surface area contributed by atoms with Crippen molar-refractivity contribution in [2.75, 3.05) is 26.7 Å². The van der Waals surface area contributed by atoms with Gasteiger partial charge in [-0.1, -0.05) is 5.57 Å². The Balaban J connectivity index is 1.49. The topological polar surface area (TPSA) is 71.4 Å². The van der Waals surface area contributed by atoms with Crippen molar-refractivity contribution in [3.05, 3.63) is 47.2 Å². The Morgan fingerprint density at radius 2 is 2.28 bits per heavy atom. The number of aromatic amines is 1. The highest BCUT2D eigenvalue weighted by molar-refractivity contribution is 5.71. The van der Waals surface area contributed by atoms with E-state index in [0.717, 1.165) is 49.6 Å². The zero-order chi connectivity index (χ0) is 17.6. The van der Waals surface area contributed by atoms with Crippen molar-refractivity contribution in [3.63, 3.8) is 0 Å². The van der Waals surface area contributed by atoms with Crippen LogP contribution in [-0.2, 0) is 16.0 Å². The third kappa shape index (κ3) is 4.82. The van der Waals surface area contributed by atoms with E-state index in [1.807, 2.05) is 18.2 Å². The maximum atomic E-state index is 11.3. The number of carbonyl (C=O) groups is 1. The monoisotopic (exact) mass is 343 g/mol. The minimum Gasteiger partial charge on any atom is -0.469 e. The Bertz CT molecular complexity index is 710. The molecule has 134 valence electrons. The minimum absolute atomic E-state index is 0.246. The van der Waals surface area contributed by atoms with Crippen LogP contribution in [0.3, 0.4) is 0 Å². The van der Waals surface area contributed by atoms with Gasteiger partial charge in [-0.2, -0.15) is 5.10 Å². The van der Waals surface area contributed by atoms with Crippen LogP contribution in [0.1, 0.15) is 42.8 Å². The van der Waals surface area contributed by atoms with E-state index in [9.17, 15) is 4.79 Å². The summed E-state index contributed by atoms with van der Waals surface area (Å²) < 4.78 is 10.1. The van der Waals surface area contributed by atoms with Crippen LogP contribution in [0.4, 0.5) is 0 Å². The first-order chi connectivity index (χ1) is 12.1. The fraction of sp³-hybridized carbons (Fsp3) is 0.474. The molecular weight excluding hydrogens is 318 g/mol. The second-order valence-corrected chi connectivity index (χ2v) is 6.63. The molecule has 2 aromatic rings. The molecule has 0 spiro atoms. The van der Waals surface area contributed by atoms with Crippen LogP contribution >= 0.6 is 0 Å². The highest BCUT2D eigenvalue weighted by atomic mass is 16.5. The molecule has 3 heterocycles. The van der Waals surface area contributed by atoms with E-state index in [1.54, 1.807) is 6.26 Å². The van der Waals surface area contributed by atoms with E-state index in [1.165, 1.54) is 12.7 Å². The lowest BCUT2D eigenvalue weighted by Gasteiger charge is -2.31. The van der Waals surface area contributed by atoms with Crippen LogP contribution in [-0.4, -0.2) is 47.8 Å². The molecule has 25 heavy (non-hydrogen) atoms. The molecule has 0 bridgehead atoms. The number of H-pyrrole nitrogens is 1. The molecule has 2 aromatic heterocycles. The Kier molecular flexibility index (Phi) is 5.71. The van der Waals surface area contributed by atoms with Crippen molar-refractivity contribution in [2.45, 2.75) is 32.1 Å². The number of hydrogen-bond donors (Lipinski definition) is 1. The number of rotatable bonds is 6.